The van der Waals surface area contributed by atoms with E-state index in [9.17, 15) is 24.3 Å². The van der Waals surface area contributed by atoms with Gasteiger partial charge in [0.05, 0.1) is 47.7 Å². The molecule has 0 saturated carbocycles. The fraction of sp³-hybridized carbons (Fsp3) is 0.370. The number of benzene rings is 3. The number of aromatic nitrogens is 5. The van der Waals surface area contributed by atoms with E-state index in [1.807, 2.05) is 75.5 Å². The number of carbonyl (C=O) groups is 3. The number of ether oxygens (including phenoxy) is 4. The number of hydrogen-bond acceptors (Lipinski definition) is 15. The van der Waals surface area contributed by atoms with E-state index in [1.54, 1.807) is 47.8 Å². The minimum Gasteiger partial charge on any atom is -0.491 e. The number of aliphatic hydroxyl groups is 1. The number of carbonyl (C=O) groups excluding carboxylic acids is 3. The van der Waals surface area contributed by atoms with Gasteiger partial charge in [-0.1, -0.05) is 50.2 Å². The lowest BCUT2D eigenvalue weighted by atomic mass is 10.0. The molecule has 0 aliphatic carbocycles. The van der Waals surface area contributed by atoms with Crippen LogP contribution in [0.15, 0.2) is 106 Å². The Labute approximate surface area is 425 Å². The molecule has 9 rings (SSSR count). The molecule has 2 N–H and O–H groups in total. The highest BCUT2D eigenvalue weighted by atomic mass is 32.1. The van der Waals surface area contributed by atoms with Crippen molar-refractivity contribution in [2.45, 2.75) is 77.9 Å². The predicted molar refractivity (Wildman–Crippen MR) is 272 cm³/mol. The maximum atomic E-state index is 14.2. The van der Waals surface area contributed by atoms with Crippen LogP contribution in [0.5, 0.6) is 11.5 Å². The Hall–Kier alpha value is -7.32. The largest absolute Gasteiger partial charge is 0.491 e. The summed E-state index contributed by atoms with van der Waals surface area (Å²) < 4.78 is 31.0. The zero-order valence-electron chi connectivity index (χ0n) is 41.2. The number of hydrogen-bond donors (Lipinski definition) is 2. The number of thiazole rings is 1. The summed E-state index contributed by atoms with van der Waals surface area (Å²) in [5.74, 6) is 0.311. The second-order valence-electron chi connectivity index (χ2n) is 18.4. The molecule has 0 radical (unpaired) electrons. The number of amides is 3. The summed E-state index contributed by atoms with van der Waals surface area (Å²) in [6.07, 6.45) is 2.67. The number of pyridine rings is 1. The molecule has 3 atom stereocenters. The van der Waals surface area contributed by atoms with Crippen LogP contribution in [0.25, 0.3) is 33.1 Å². The van der Waals surface area contributed by atoms with E-state index in [0.717, 1.165) is 51.4 Å². The average molecular weight is 1010 g/mol. The summed E-state index contributed by atoms with van der Waals surface area (Å²) in [5, 5.41) is 18.0. The van der Waals surface area contributed by atoms with Crippen molar-refractivity contribution in [3.8, 4) is 33.5 Å². The molecule has 18 nitrogen and oxygen atoms in total. The number of oxazole rings is 1. The first-order valence-electron chi connectivity index (χ1n) is 24.4. The molecule has 19 heteroatoms. The summed E-state index contributed by atoms with van der Waals surface area (Å²) in [6, 6.07) is 23.8. The Bertz CT molecular complexity index is 3140. The van der Waals surface area contributed by atoms with E-state index in [0.29, 0.717) is 72.7 Å². The number of aryl methyl sites for hydroxylation is 3. The third-order valence-corrected chi connectivity index (χ3v) is 13.9. The fourth-order valence-electron chi connectivity index (χ4n) is 9.09. The molecule has 7 aromatic rings. The number of aliphatic hydroxyl groups excluding tert-OH is 1. The molecule has 4 aromatic heterocycles. The number of fused-ring (bicyclic) bond motifs is 2. The second kappa shape index (κ2) is 23.0. The summed E-state index contributed by atoms with van der Waals surface area (Å²) >= 11 is 1.53. The van der Waals surface area contributed by atoms with E-state index in [2.05, 4.69) is 25.4 Å². The molecule has 0 spiro atoms. The summed E-state index contributed by atoms with van der Waals surface area (Å²) in [6.45, 7) is 8.36. The molecule has 3 amide bonds. The molecular formula is C54H58N8O10S. The lowest BCUT2D eigenvalue weighted by Crippen LogP contribution is -2.55. The van der Waals surface area contributed by atoms with Crippen molar-refractivity contribution in [1.29, 1.82) is 0 Å². The summed E-state index contributed by atoms with van der Waals surface area (Å²) in [7, 11) is 1.57. The van der Waals surface area contributed by atoms with Crippen LogP contribution in [0, 0.1) is 12.8 Å². The van der Waals surface area contributed by atoms with Gasteiger partial charge in [-0.05, 0) is 78.8 Å². The van der Waals surface area contributed by atoms with E-state index < -0.39 is 24.1 Å². The molecule has 0 bridgehead atoms. The molecule has 2 aliphatic rings. The van der Waals surface area contributed by atoms with E-state index >= 15 is 0 Å². The first-order chi connectivity index (χ1) is 35.4. The Kier molecular flexibility index (Phi) is 16.0. The molecule has 3 aromatic carbocycles. The molecule has 0 unspecified atom stereocenters. The highest BCUT2D eigenvalue weighted by Crippen LogP contribution is 2.34. The molecule has 1 saturated heterocycles. The summed E-state index contributed by atoms with van der Waals surface area (Å²) in [5.41, 5.74) is 9.09. The molecule has 73 heavy (non-hydrogen) atoms. The van der Waals surface area contributed by atoms with Crippen molar-refractivity contribution in [1.82, 2.24) is 39.8 Å². The van der Waals surface area contributed by atoms with E-state index in [1.165, 1.54) is 27.0 Å². The minimum absolute atomic E-state index is 0.00207. The van der Waals surface area contributed by atoms with Crippen LogP contribution in [0.2, 0.25) is 0 Å². The minimum atomic E-state index is -0.912. The lowest BCUT2D eigenvalue weighted by molar-refractivity contribution is -0.143. The van der Waals surface area contributed by atoms with Gasteiger partial charge < -0.3 is 43.6 Å². The molecule has 2 aliphatic heterocycles. The normalized spacial score (nSPS) is 15.8. The molecule has 1 fully saturated rings. The number of likely N-dealkylation sites (tertiary alicyclic amines) is 1. The van der Waals surface area contributed by atoms with Gasteiger partial charge in [-0.2, -0.15) is 5.10 Å². The standard InChI is InChI=1S/C54H58N8O10S/c1-33(2)49(62-29-38-9-5-6-10-42(38)53(62)66)54(67)61-30-40(63)25-45(61)51(65)56-28-37-13-12-36(50-34(3)57-32-73-50)24-47(37)70-23-22-69-21-20-68-19-7-8-35-11-14-39(55-27-35)31-71-41-15-17-46-44(26-41)58-52(72-46)43-16-18-48(64)60(4)59-43/h5-6,9-18,24,26-27,32-33,40,45,49,63H,7-8,19-23,25,28-31H2,1-4H3,(H,56,65)/t40-,45+,49+/m1/s1. The maximum Gasteiger partial charge on any atom is 0.266 e. The van der Waals surface area contributed by atoms with Gasteiger partial charge >= 0.3 is 0 Å². The van der Waals surface area contributed by atoms with Crippen LogP contribution < -0.4 is 20.3 Å². The first kappa shape index (κ1) is 50.6. The topological polar surface area (TPSA) is 214 Å². The second-order valence-corrected chi connectivity index (χ2v) is 19.3. The average Bonchev–Trinajstić information content (AvgIpc) is 4.19. The van der Waals surface area contributed by atoms with Gasteiger partial charge in [-0.15, -0.1) is 11.3 Å². The van der Waals surface area contributed by atoms with Gasteiger partial charge in [0.15, 0.2) is 5.58 Å². The highest BCUT2D eigenvalue weighted by Gasteiger charge is 2.46. The van der Waals surface area contributed by atoms with Crippen molar-refractivity contribution in [2.24, 2.45) is 13.0 Å². The summed E-state index contributed by atoms with van der Waals surface area (Å²) in [4.78, 5) is 70.8. The van der Waals surface area contributed by atoms with Crippen molar-refractivity contribution in [3.05, 3.63) is 141 Å². The van der Waals surface area contributed by atoms with Crippen LogP contribution in [-0.4, -0.2) is 115 Å². The van der Waals surface area contributed by atoms with Crippen molar-refractivity contribution >= 4 is 40.2 Å². The SMILES string of the molecule is Cc1ncsc1-c1ccc(CNC(=O)[C@@H]2C[C@@H](O)CN2C(=O)[C@H](C(C)C)N2Cc3ccccc3C2=O)c(OCCOCCOCCCc2ccc(COc3ccc4oc(-c5ccc(=O)n(C)n5)nc4c3)nc2)c1. The van der Waals surface area contributed by atoms with Gasteiger partial charge in [0.1, 0.15) is 48.0 Å². The fourth-order valence-corrected chi connectivity index (χ4v) is 9.89. The van der Waals surface area contributed by atoms with Crippen LogP contribution in [0.4, 0.5) is 0 Å². The zero-order valence-corrected chi connectivity index (χ0v) is 42.0. The Morgan fingerprint density at radius 2 is 1.75 bits per heavy atom. The first-order valence-corrected chi connectivity index (χ1v) is 25.3. The number of nitrogens with zero attached hydrogens (tertiary/aromatic N) is 7. The van der Waals surface area contributed by atoms with Crippen LogP contribution >= 0.6 is 11.3 Å². The zero-order chi connectivity index (χ0) is 51.0. The number of β-amino-alcohol motifs (C(OH)–C–C–N with tert-alkyl or cyclic N) is 1. The van der Waals surface area contributed by atoms with Crippen LogP contribution in [-0.2, 0) is 52.2 Å². The maximum absolute atomic E-state index is 14.2. The Morgan fingerprint density at radius 3 is 2.52 bits per heavy atom. The third-order valence-electron chi connectivity index (χ3n) is 12.9. The lowest BCUT2D eigenvalue weighted by Gasteiger charge is -2.35. The van der Waals surface area contributed by atoms with Gasteiger partial charge in [0.2, 0.25) is 17.7 Å². The quantitative estimate of drug-likeness (QED) is 0.0714. The van der Waals surface area contributed by atoms with Gasteiger partial charge in [0.25, 0.3) is 11.5 Å². The number of rotatable bonds is 22. The van der Waals surface area contributed by atoms with Crippen molar-refractivity contribution in [3.63, 3.8) is 0 Å². The van der Waals surface area contributed by atoms with Crippen molar-refractivity contribution in [2.75, 3.05) is 39.6 Å². The van der Waals surface area contributed by atoms with Crippen molar-refractivity contribution < 1.29 is 42.9 Å². The van der Waals surface area contributed by atoms with Gasteiger partial charge in [-0.25, -0.2) is 14.6 Å². The Balaban J connectivity index is 0.703. The highest BCUT2D eigenvalue weighted by molar-refractivity contribution is 7.13. The van der Waals surface area contributed by atoms with E-state index in [4.69, 9.17) is 23.4 Å². The number of nitrogens with one attached hydrogen (secondary N) is 1. The molecule has 380 valence electrons. The Morgan fingerprint density at radius 1 is 0.932 bits per heavy atom. The van der Waals surface area contributed by atoms with Gasteiger partial charge in [0, 0.05) is 69.2 Å². The third kappa shape index (κ3) is 12.0. The smallest absolute Gasteiger partial charge is 0.266 e. The van der Waals surface area contributed by atoms with Crippen LogP contribution in [0.3, 0.4) is 0 Å². The van der Waals surface area contributed by atoms with Crippen LogP contribution in [0.1, 0.15) is 65.1 Å². The predicted octanol–water partition coefficient (Wildman–Crippen LogP) is 6.30. The molecular weight excluding hydrogens is 953 g/mol. The van der Waals surface area contributed by atoms with E-state index in [-0.39, 0.29) is 56.0 Å². The van der Waals surface area contributed by atoms with Gasteiger partial charge in [-0.3, -0.25) is 24.2 Å². The monoisotopic (exact) mass is 1010 g/mol. The molecule has 6 heterocycles.